The molecule has 0 aliphatic rings. The highest BCUT2D eigenvalue weighted by molar-refractivity contribution is 6.30. The van der Waals surface area contributed by atoms with Gasteiger partial charge in [0.2, 0.25) is 0 Å². The first-order valence-corrected chi connectivity index (χ1v) is 4.91. The molecule has 0 fully saturated rings. The van der Waals surface area contributed by atoms with Gasteiger partial charge in [-0.2, -0.15) is 5.10 Å². The van der Waals surface area contributed by atoms with Crippen molar-refractivity contribution in [1.82, 2.24) is 14.8 Å². The van der Waals surface area contributed by atoms with Crippen LogP contribution in [-0.4, -0.2) is 14.8 Å². The van der Waals surface area contributed by atoms with Gasteiger partial charge in [0.15, 0.2) is 6.17 Å². The Balaban J connectivity index is 2.06. The van der Waals surface area contributed by atoms with Crippen molar-refractivity contribution in [3.05, 3.63) is 36.0 Å². The molecule has 6 heteroatoms. The van der Waals surface area contributed by atoms with Crippen LogP contribution in [0.15, 0.2) is 31.0 Å². The van der Waals surface area contributed by atoms with E-state index in [2.05, 4.69) is 20.4 Å². The summed E-state index contributed by atoms with van der Waals surface area (Å²) >= 11 is 5.76. The number of H-pyrrole nitrogens is 1. The summed E-state index contributed by atoms with van der Waals surface area (Å²) in [5.74, 6) is 0.877. The van der Waals surface area contributed by atoms with Gasteiger partial charge < -0.3 is 0 Å². The summed E-state index contributed by atoms with van der Waals surface area (Å²) in [6.45, 7) is 1.98. The van der Waals surface area contributed by atoms with E-state index in [0.29, 0.717) is 5.02 Å². The predicted molar refractivity (Wildman–Crippen MR) is 56.4 cm³/mol. The van der Waals surface area contributed by atoms with Crippen molar-refractivity contribution in [2.24, 2.45) is 0 Å². The molecule has 5 nitrogen and oxygen atoms in total. The first kappa shape index (κ1) is 9.92. The number of rotatable bonds is 3. The number of nitrogens with one attached hydrogen (secondary N) is 2. The van der Waals surface area contributed by atoms with Gasteiger partial charge in [-0.3, -0.25) is 5.32 Å². The zero-order valence-electron chi connectivity index (χ0n) is 8.18. The molecule has 15 heavy (non-hydrogen) atoms. The van der Waals surface area contributed by atoms with Crippen LogP contribution < -0.4 is 10.3 Å². The lowest BCUT2D eigenvalue weighted by Gasteiger charge is -2.07. The molecule has 0 unspecified atom stereocenters. The summed E-state index contributed by atoms with van der Waals surface area (Å²) in [6, 6.07) is 3.68. The Morgan fingerprint density at radius 2 is 2.40 bits per heavy atom. The van der Waals surface area contributed by atoms with Gasteiger partial charge in [-0.1, -0.05) is 11.6 Å². The minimum absolute atomic E-state index is 0.0323. The van der Waals surface area contributed by atoms with Crippen LogP contribution in [0.3, 0.4) is 0 Å². The van der Waals surface area contributed by atoms with Crippen LogP contribution in [0.1, 0.15) is 13.1 Å². The van der Waals surface area contributed by atoms with Crippen LogP contribution in [0.5, 0.6) is 0 Å². The molecule has 2 aromatic heterocycles. The number of aromatic amines is 1. The predicted octanol–water partition coefficient (Wildman–Crippen LogP) is 1.38. The second-order valence-electron chi connectivity index (χ2n) is 3.12. The summed E-state index contributed by atoms with van der Waals surface area (Å²) in [6.07, 6.45) is 4.92. The molecule has 0 amide bonds. The van der Waals surface area contributed by atoms with Gasteiger partial charge in [-0.15, -0.1) is 0 Å². The zero-order valence-corrected chi connectivity index (χ0v) is 8.94. The number of pyridine rings is 1. The summed E-state index contributed by atoms with van der Waals surface area (Å²) in [4.78, 5) is 6.90. The van der Waals surface area contributed by atoms with E-state index < -0.39 is 0 Å². The Kier molecular flexibility index (Phi) is 2.82. The van der Waals surface area contributed by atoms with E-state index in [1.807, 2.05) is 19.1 Å². The maximum absolute atomic E-state index is 5.76. The lowest BCUT2D eigenvalue weighted by atomic mass is 10.4. The van der Waals surface area contributed by atoms with E-state index in [-0.39, 0.29) is 6.17 Å². The topological polar surface area (TPSA) is 56.9 Å². The first-order chi connectivity index (χ1) is 7.25. The molecule has 2 N–H and O–H groups in total. The molecule has 0 aliphatic carbocycles. The fourth-order valence-corrected chi connectivity index (χ4v) is 1.32. The molecule has 0 saturated carbocycles. The molecular formula is C9H11ClN5+. The molecule has 0 radical (unpaired) electrons. The number of halogens is 1. The van der Waals surface area contributed by atoms with Crippen molar-refractivity contribution in [2.75, 3.05) is 5.32 Å². The van der Waals surface area contributed by atoms with E-state index in [0.717, 1.165) is 5.82 Å². The molecule has 2 aromatic rings. The monoisotopic (exact) mass is 224 g/mol. The van der Waals surface area contributed by atoms with Gasteiger partial charge >= 0.3 is 0 Å². The van der Waals surface area contributed by atoms with Gasteiger partial charge in [0.25, 0.3) is 5.82 Å². The molecule has 0 bridgehead atoms. The normalized spacial score (nSPS) is 12.4. The molecule has 0 saturated heterocycles. The Hall–Kier alpha value is -1.62. The molecule has 0 aromatic carbocycles. The second kappa shape index (κ2) is 4.27. The van der Waals surface area contributed by atoms with E-state index >= 15 is 0 Å². The van der Waals surface area contributed by atoms with Crippen LogP contribution in [0.25, 0.3) is 0 Å². The van der Waals surface area contributed by atoms with Crippen molar-refractivity contribution in [2.45, 2.75) is 13.1 Å². The van der Waals surface area contributed by atoms with Crippen LogP contribution in [0, 0.1) is 0 Å². The largest absolute Gasteiger partial charge is 0.273 e. The standard InChI is InChI=1S/C9H10ClN5/c1-7(15-6-11-5-13-15)14-9-3-2-8(10)4-12-9/h2-7H,1H3,(H,12,14)/p+1/t7-/m0/s1. The number of hydrogen-bond donors (Lipinski definition) is 1. The van der Waals surface area contributed by atoms with Crippen LogP contribution in [0.2, 0.25) is 5.02 Å². The number of aromatic nitrogens is 4. The van der Waals surface area contributed by atoms with Gasteiger partial charge in [-0.25, -0.2) is 14.6 Å². The van der Waals surface area contributed by atoms with Crippen LogP contribution >= 0.6 is 11.6 Å². The van der Waals surface area contributed by atoms with E-state index in [4.69, 9.17) is 11.6 Å². The Morgan fingerprint density at radius 1 is 1.53 bits per heavy atom. The Bertz CT molecular complexity index is 411. The van der Waals surface area contributed by atoms with Crippen LogP contribution in [-0.2, 0) is 0 Å². The van der Waals surface area contributed by atoms with Crippen molar-refractivity contribution in [1.29, 1.82) is 0 Å². The van der Waals surface area contributed by atoms with Gasteiger partial charge in [-0.05, 0) is 13.0 Å². The quantitative estimate of drug-likeness (QED) is 0.857. The highest BCUT2D eigenvalue weighted by Gasteiger charge is 2.10. The van der Waals surface area contributed by atoms with Crippen molar-refractivity contribution in [3.8, 4) is 0 Å². The molecule has 0 aliphatic heterocycles. The minimum Gasteiger partial charge on any atom is -0.252 e. The Labute approximate surface area is 92.1 Å². The van der Waals surface area contributed by atoms with Crippen molar-refractivity contribution < 1.29 is 4.98 Å². The number of nitrogens with zero attached hydrogens (tertiary/aromatic N) is 3. The summed E-state index contributed by atoms with van der Waals surface area (Å²) in [5, 5.41) is 7.93. The van der Waals surface area contributed by atoms with E-state index in [1.165, 1.54) is 6.33 Å². The smallest absolute Gasteiger partial charge is 0.252 e. The van der Waals surface area contributed by atoms with Crippen molar-refractivity contribution >= 4 is 17.4 Å². The number of anilines is 1. The number of hydrogen-bond acceptors (Lipinski definition) is 3. The molecular weight excluding hydrogens is 214 g/mol. The molecule has 2 rings (SSSR count). The van der Waals surface area contributed by atoms with Crippen LogP contribution in [0.4, 0.5) is 5.82 Å². The summed E-state index contributed by atoms with van der Waals surface area (Å²) < 4.78 is 1.72. The fourth-order valence-electron chi connectivity index (χ4n) is 1.20. The summed E-state index contributed by atoms with van der Waals surface area (Å²) in [5.41, 5.74) is 0. The third-order valence-electron chi connectivity index (χ3n) is 1.97. The molecule has 1 atom stereocenters. The molecule has 78 valence electrons. The fraction of sp³-hybridized carbons (Fsp3) is 0.222. The van der Waals surface area contributed by atoms with E-state index in [1.54, 1.807) is 17.2 Å². The lowest BCUT2D eigenvalue weighted by Crippen LogP contribution is -2.20. The second-order valence-corrected chi connectivity index (χ2v) is 3.55. The highest BCUT2D eigenvalue weighted by atomic mass is 35.5. The zero-order chi connectivity index (χ0) is 10.7. The minimum atomic E-state index is 0.0323. The average Bonchev–Trinajstić information content (AvgIpc) is 2.74. The lowest BCUT2D eigenvalue weighted by molar-refractivity contribution is -0.361. The Morgan fingerprint density at radius 3 is 3.00 bits per heavy atom. The van der Waals surface area contributed by atoms with Gasteiger partial charge in [0.05, 0.1) is 5.02 Å². The summed E-state index contributed by atoms with van der Waals surface area (Å²) in [7, 11) is 0. The molecule has 2 heterocycles. The third kappa shape index (κ3) is 2.44. The van der Waals surface area contributed by atoms with Crippen molar-refractivity contribution in [3.63, 3.8) is 0 Å². The maximum atomic E-state index is 5.76. The van der Waals surface area contributed by atoms with Gasteiger partial charge in [0, 0.05) is 6.07 Å². The highest BCUT2D eigenvalue weighted by Crippen LogP contribution is 2.09. The average molecular weight is 225 g/mol. The van der Waals surface area contributed by atoms with E-state index in [9.17, 15) is 0 Å². The van der Waals surface area contributed by atoms with Gasteiger partial charge in [0.1, 0.15) is 18.9 Å². The first-order valence-electron chi connectivity index (χ1n) is 4.53. The SMILES string of the molecule is C[C@@H](Nc1ccc(Cl)c[nH+]1)n1cncn1. The molecule has 0 spiro atoms. The third-order valence-corrected chi connectivity index (χ3v) is 2.21. The maximum Gasteiger partial charge on any atom is 0.273 e.